The maximum atomic E-state index is 14.3. The Morgan fingerprint density at radius 1 is 1.00 bits per heavy atom. The number of para-hydroxylation sites is 3. The first kappa shape index (κ1) is 29.6. The van der Waals surface area contributed by atoms with Gasteiger partial charge in [0.1, 0.15) is 6.04 Å². The number of carbonyl (C=O) groups is 3. The second-order valence-corrected chi connectivity index (χ2v) is 12.0. The quantitative estimate of drug-likeness (QED) is 0.332. The highest BCUT2D eigenvalue weighted by Crippen LogP contribution is 2.39. The van der Waals surface area contributed by atoms with Crippen molar-refractivity contribution in [1.29, 1.82) is 0 Å². The summed E-state index contributed by atoms with van der Waals surface area (Å²) >= 11 is 0. The molecule has 0 aromatic heterocycles. The second kappa shape index (κ2) is 13.8. The van der Waals surface area contributed by atoms with E-state index in [-0.39, 0.29) is 17.7 Å². The van der Waals surface area contributed by atoms with Crippen molar-refractivity contribution in [2.45, 2.75) is 78.2 Å². The van der Waals surface area contributed by atoms with Crippen molar-refractivity contribution < 1.29 is 14.4 Å². The molecule has 0 saturated heterocycles. The minimum Gasteiger partial charge on any atom is -0.369 e. The SMILES string of the molecule is CCCC[C@H](C(N)=O)[C@@H](CC(C)C)C(=O)NC1CN(c2ccccc2)c2ccccc2N(CCC2CCC2)C1=O. The summed E-state index contributed by atoms with van der Waals surface area (Å²) in [5.74, 6) is -1.09. The predicted octanol–water partition coefficient (Wildman–Crippen LogP) is 5.80. The van der Waals surface area contributed by atoms with Gasteiger partial charge >= 0.3 is 0 Å². The Morgan fingerprint density at radius 2 is 1.68 bits per heavy atom. The largest absolute Gasteiger partial charge is 0.369 e. The van der Waals surface area contributed by atoms with Crippen LogP contribution in [-0.4, -0.2) is 36.9 Å². The highest BCUT2D eigenvalue weighted by atomic mass is 16.2. The van der Waals surface area contributed by atoms with Crippen LogP contribution in [0.5, 0.6) is 0 Å². The fourth-order valence-corrected chi connectivity index (χ4v) is 6.08. The van der Waals surface area contributed by atoms with Crippen molar-refractivity contribution in [2.75, 3.05) is 22.9 Å². The number of anilines is 3. The molecule has 4 rings (SSSR count). The third kappa shape index (κ3) is 7.04. The van der Waals surface area contributed by atoms with Gasteiger partial charge in [0.05, 0.1) is 17.9 Å². The molecule has 1 unspecified atom stereocenters. The van der Waals surface area contributed by atoms with Crippen LogP contribution in [0.3, 0.4) is 0 Å². The molecule has 7 nitrogen and oxygen atoms in total. The molecule has 40 heavy (non-hydrogen) atoms. The molecule has 2 aliphatic rings. The van der Waals surface area contributed by atoms with Crippen LogP contribution in [0.25, 0.3) is 0 Å². The molecule has 216 valence electrons. The molecular weight excluding hydrogens is 500 g/mol. The van der Waals surface area contributed by atoms with Crippen LogP contribution in [0.2, 0.25) is 0 Å². The zero-order valence-electron chi connectivity index (χ0n) is 24.4. The van der Waals surface area contributed by atoms with Crippen molar-refractivity contribution in [1.82, 2.24) is 5.32 Å². The number of unbranched alkanes of at least 4 members (excludes halogenated alkanes) is 1. The van der Waals surface area contributed by atoms with Gasteiger partial charge in [-0.3, -0.25) is 14.4 Å². The van der Waals surface area contributed by atoms with Crippen LogP contribution < -0.4 is 20.9 Å². The minimum atomic E-state index is -0.768. The lowest BCUT2D eigenvalue weighted by molar-refractivity contribution is -0.136. The van der Waals surface area contributed by atoms with Gasteiger partial charge in [-0.2, -0.15) is 0 Å². The van der Waals surface area contributed by atoms with Crippen molar-refractivity contribution >= 4 is 34.8 Å². The molecule has 1 fully saturated rings. The predicted molar refractivity (Wildman–Crippen MR) is 161 cm³/mol. The lowest BCUT2D eigenvalue weighted by Crippen LogP contribution is -2.54. The first-order valence-electron chi connectivity index (χ1n) is 15.1. The number of amides is 3. The Hall–Kier alpha value is -3.35. The summed E-state index contributed by atoms with van der Waals surface area (Å²) in [4.78, 5) is 44.7. The monoisotopic (exact) mass is 546 g/mol. The molecule has 7 heteroatoms. The van der Waals surface area contributed by atoms with E-state index in [1.54, 1.807) is 0 Å². The van der Waals surface area contributed by atoms with E-state index in [1.165, 1.54) is 19.3 Å². The number of fused-ring (bicyclic) bond motifs is 1. The van der Waals surface area contributed by atoms with E-state index in [9.17, 15) is 14.4 Å². The van der Waals surface area contributed by atoms with E-state index >= 15 is 0 Å². The Morgan fingerprint density at radius 3 is 2.27 bits per heavy atom. The molecule has 3 amide bonds. The average Bonchev–Trinajstić information content (AvgIpc) is 3.02. The van der Waals surface area contributed by atoms with Crippen LogP contribution in [0.1, 0.15) is 72.1 Å². The van der Waals surface area contributed by atoms with Crippen molar-refractivity contribution in [3.8, 4) is 0 Å². The van der Waals surface area contributed by atoms with Gasteiger partial charge in [-0.25, -0.2) is 0 Å². The molecular formula is C33H46N4O3. The number of nitrogens with one attached hydrogen (secondary N) is 1. The van der Waals surface area contributed by atoms with E-state index in [4.69, 9.17) is 5.73 Å². The highest BCUT2D eigenvalue weighted by molar-refractivity contribution is 6.04. The van der Waals surface area contributed by atoms with E-state index in [0.717, 1.165) is 36.3 Å². The fraction of sp³-hybridized carbons (Fsp3) is 0.545. The molecule has 3 atom stereocenters. The molecule has 0 radical (unpaired) electrons. The summed E-state index contributed by atoms with van der Waals surface area (Å²) in [5.41, 5.74) is 8.61. The first-order valence-corrected chi connectivity index (χ1v) is 15.1. The molecule has 0 bridgehead atoms. The van der Waals surface area contributed by atoms with E-state index in [1.807, 2.05) is 73.3 Å². The zero-order valence-corrected chi connectivity index (χ0v) is 24.4. The number of rotatable bonds is 13. The molecule has 3 N–H and O–H groups in total. The summed E-state index contributed by atoms with van der Waals surface area (Å²) in [6.07, 6.45) is 7.48. The normalized spacial score (nSPS) is 19.0. The van der Waals surface area contributed by atoms with Crippen LogP contribution in [-0.2, 0) is 14.4 Å². The summed E-state index contributed by atoms with van der Waals surface area (Å²) in [5, 5.41) is 3.13. The van der Waals surface area contributed by atoms with Gasteiger partial charge in [-0.15, -0.1) is 0 Å². The molecule has 1 aliphatic carbocycles. The van der Waals surface area contributed by atoms with Gasteiger partial charge in [0.2, 0.25) is 11.8 Å². The van der Waals surface area contributed by atoms with Gasteiger partial charge in [0.15, 0.2) is 0 Å². The summed E-state index contributed by atoms with van der Waals surface area (Å²) in [6.45, 7) is 7.07. The molecule has 0 spiro atoms. The fourth-order valence-electron chi connectivity index (χ4n) is 6.08. The van der Waals surface area contributed by atoms with Gasteiger partial charge in [0.25, 0.3) is 5.91 Å². The lowest BCUT2D eigenvalue weighted by atomic mass is 9.81. The third-order valence-electron chi connectivity index (χ3n) is 8.54. The minimum absolute atomic E-state index is 0.106. The van der Waals surface area contributed by atoms with Gasteiger partial charge in [-0.05, 0) is 55.4 Å². The van der Waals surface area contributed by atoms with Crippen molar-refractivity contribution in [3.05, 3.63) is 54.6 Å². The number of nitrogens with two attached hydrogens (primary N) is 1. The standard InChI is InChI=1S/C33H46N4O3/c1-4-5-16-26(31(34)38)27(21-23(2)3)32(39)35-28-22-37(25-14-7-6-8-15-25)30-18-10-9-17-29(30)36(33(28)40)20-19-24-12-11-13-24/h6-10,14-15,17-18,23-24,26-28H,4-5,11-13,16,19-22H2,1-3H3,(H2,34,38)(H,35,39)/t26-,27+,28?/m0/s1. The number of nitrogens with zero attached hydrogens (tertiary/aromatic N) is 2. The van der Waals surface area contributed by atoms with E-state index in [0.29, 0.717) is 31.8 Å². The second-order valence-electron chi connectivity index (χ2n) is 12.0. The Bertz CT molecular complexity index is 1150. The number of hydrogen-bond donors (Lipinski definition) is 2. The molecule has 2 aromatic carbocycles. The lowest BCUT2D eigenvalue weighted by Gasteiger charge is -2.31. The van der Waals surface area contributed by atoms with Gasteiger partial charge < -0.3 is 20.9 Å². The van der Waals surface area contributed by atoms with Crippen molar-refractivity contribution in [2.24, 2.45) is 29.4 Å². The number of hydrogen-bond acceptors (Lipinski definition) is 4. The highest BCUT2D eigenvalue weighted by Gasteiger charge is 2.39. The van der Waals surface area contributed by atoms with E-state index < -0.39 is 23.8 Å². The Balaban J connectivity index is 1.68. The van der Waals surface area contributed by atoms with Crippen LogP contribution in [0.4, 0.5) is 17.1 Å². The number of benzene rings is 2. The molecule has 1 aliphatic heterocycles. The van der Waals surface area contributed by atoms with Crippen molar-refractivity contribution in [3.63, 3.8) is 0 Å². The maximum absolute atomic E-state index is 14.3. The Kier molecular flexibility index (Phi) is 10.2. The smallest absolute Gasteiger partial charge is 0.251 e. The first-order chi connectivity index (χ1) is 19.3. The summed E-state index contributed by atoms with van der Waals surface area (Å²) < 4.78 is 0. The molecule has 2 aromatic rings. The molecule has 1 heterocycles. The topological polar surface area (TPSA) is 95.7 Å². The number of primary amides is 1. The molecule has 1 saturated carbocycles. The van der Waals surface area contributed by atoms with E-state index in [2.05, 4.69) is 17.1 Å². The van der Waals surface area contributed by atoms with Crippen LogP contribution in [0, 0.1) is 23.7 Å². The van der Waals surface area contributed by atoms with Gasteiger partial charge in [0, 0.05) is 24.1 Å². The third-order valence-corrected chi connectivity index (χ3v) is 8.54. The summed E-state index contributed by atoms with van der Waals surface area (Å²) in [7, 11) is 0. The zero-order chi connectivity index (χ0) is 28.6. The van der Waals surface area contributed by atoms with Crippen LogP contribution >= 0.6 is 0 Å². The maximum Gasteiger partial charge on any atom is 0.251 e. The summed E-state index contributed by atoms with van der Waals surface area (Å²) in [6, 6.07) is 17.2. The van der Waals surface area contributed by atoms with Crippen LogP contribution in [0.15, 0.2) is 54.6 Å². The average molecular weight is 547 g/mol. The Labute approximate surface area is 239 Å². The van der Waals surface area contributed by atoms with Gasteiger partial charge in [-0.1, -0.05) is 83.2 Å². The number of carbonyl (C=O) groups excluding carboxylic acids is 3.